The van der Waals surface area contributed by atoms with Gasteiger partial charge in [-0.25, -0.2) is 0 Å². The first-order valence-corrected chi connectivity index (χ1v) is 6.28. The first-order valence-electron chi connectivity index (χ1n) is 6.28. The fourth-order valence-corrected chi connectivity index (χ4v) is 2.07. The molecule has 5 nitrogen and oxygen atoms in total. The molecule has 3 N–H and O–H groups in total. The molecule has 2 unspecified atom stereocenters. The van der Waals surface area contributed by atoms with Crippen molar-refractivity contribution in [2.24, 2.45) is 5.92 Å². The molecule has 0 amide bonds. The third-order valence-corrected chi connectivity index (χ3v) is 3.30. The van der Waals surface area contributed by atoms with Crippen LogP contribution in [0.15, 0.2) is 0 Å². The maximum absolute atomic E-state index is 10.1. The van der Waals surface area contributed by atoms with Gasteiger partial charge in [-0.2, -0.15) is 0 Å². The summed E-state index contributed by atoms with van der Waals surface area (Å²) in [6.45, 7) is 5.61. The third kappa shape index (κ3) is 3.89. The molecule has 1 rings (SSSR count). The lowest BCUT2D eigenvalue weighted by atomic mass is 9.89. The van der Waals surface area contributed by atoms with Gasteiger partial charge in [0.2, 0.25) is 0 Å². The molecule has 0 bridgehead atoms. The Balaban J connectivity index is 2.57. The zero-order valence-electron chi connectivity index (χ0n) is 10.7. The largest absolute Gasteiger partial charge is 0.393 e. The minimum atomic E-state index is -0.891. The first kappa shape index (κ1) is 14.9. The molecule has 0 aromatic rings. The smallest absolute Gasteiger partial charge is 0.155 e. The van der Waals surface area contributed by atoms with E-state index in [2.05, 4.69) is 0 Å². The SMILES string of the molecule is CCC[C@H](O)C(C)[C@@H](O)[C@@H]1OC(C)OC[C@H]1O. The number of rotatable bonds is 5. The van der Waals surface area contributed by atoms with Crippen LogP contribution in [0.5, 0.6) is 0 Å². The van der Waals surface area contributed by atoms with Crippen LogP contribution in [0, 0.1) is 5.92 Å². The minimum absolute atomic E-state index is 0.152. The van der Waals surface area contributed by atoms with Crippen molar-refractivity contribution in [3.8, 4) is 0 Å². The summed E-state index contributed by atoms with van der Waals surface area (Å²) in [6.07, 6.45) is -1.97. The highest BCUT2D eigenvalue weighted by atomic mass is 16.7. The van der Waals surface area contributed by atoms with Crippen LogP contribution in [-0.4, -0.2) is 52.6 Å². The van der Waals surface area contributed by atoms with Gasteiger partial charge >= 0.3 is 0 Å². The fraction of sp³-hybridized carbons (Fsp3) is 1.00. The van der Waals surface area contributed by atoms with E-state index in [1.54, 1.807) is 13.8 Å². The van der Waals surface area contributed by atoms with Crippen molar-refractivity contribution < 1.29 is 24.8 Å². The van der Waals surface area contributed by atoms with Gasteiger partial charge in [-0.3, -0.25) is 0 Å². The normalized spacial score (nSPS) is 35.3. The van der Waals surface area contributed by atoms with Crippen LogP contribution in [0.3, 0.4) is 0 Å². The number of aliphatic hydroxyl groups is 3. The molecule has 1 aliphatic heterocycles. The Morgan fingerprint density at radius 1 is 1.35 bits per heavy atom. The van der Waals surface area contributed by atoms with Crippen molar-refractivity contribution in [3.05, 3.63) is 0 Å². The van der Waals surface area contributed by atoms with Crippen molar-refractivity contribution >= 4 is 0 Å². The summed E-state index contributed by atoms with van der Waals surface area (Å²) in [5.74, 6) is -0.333. The standard InChI is InChI=1S/C12H24O5/c1-4-5-9(13)7(2)11(15)12-10(14)6-16-8(3)17-12/h7-15H,4-6H2,1-3H3/t7?,8?,9-,10+,11+,12+/m0/s1. The summed E-state index contributed by atoms with van der Waals surface area (Å²) in [7, 11) is 0. The predicted octanol–water partition coefficient (Wildman–Crippen LogP) is 0.267. The van der Waals surface area contributed by atoms with Crippen molar-refractivity contribution in [3.63, 3.8) is 0 Å². The monoisotopic (exact) mass is 248 g/mol. The summed E-state index contributed by atoms with van der Waals surface area (Å²) in [5.41, 5.74) is 0. The van der Waals surface area contributed by atoms with E-state index in [-0.39, 0.29) is 12.5 Å². The van der Waals surface area contributed by atoms with E-state index in [1.807, 2.05) is 6.92 Å². The van der Waals surface area contributed by atoms with Crippen molar-refractivity contribution in [2.45, 2.75) is 64.3 Å². The summed E-state index contributed by atoms with van der Waals surface area (Å²) < 4.78 is 10.5. The Bertz CT molecular complexity index is 223. The van der Waals surface area contributed by atoms with Gasteiger partial charge in [0.15, 0.2) is 6.29 Å². The lowest BCUT2D eigenvalue weighted by Crippen LogP contribution is -2.52. The lowest BCUT2D eigenvalue weighted by molar-refractivity contribution is -0.271. The molecule has 0 aromatic heterocycles. The topological polar surface area (TPSA) is 79.2 Å². The van der Waals surface area contributed by atoms with Gasteiger partial charge in [-0.1, -0.05) is 20.3 Å². The van der Waals surface area contributed by atoms with Crippen molar-refractivity contribution in [1.82, 2.24) is 0 Å². The summed E-state index contributed by atoms with van der Waals surface area (Å²) in [5, 5.41) is 29.7. The highest BCUT2D eigenvalue weighted by Gasteiger charge is 2.38. The van der Waals surface area contributed by atoms with Crippen LogP contribution in [0.1, 0.15) is 33.6 Å². The molecule has 1 aliphatic rings. The Morgan fingerprint density at radius 2 is 2.00 bits per heavy atom. The Hall–Kier alpha value is -0.200. The predicted molar refractivity (Wildman–Crippen MR) is 62.4 cm³/mol. The summed E-state index contributed by atoms with van der Waals surface area (Å²) in [4.78, 5) is 0. The van der Waals surface area contributed by atoms with Crippen LogP contribution in [0.4, 0.5) is 0 Å². The van der Waals surface area contributed by atoms with Crippen LogP contribution < -0.4 is 0 Å². The molecule has 0 spiro atoms. The van der Waals surface area contributed by atoms with E-state index in [0.29, 0.717) is 6.42 Å². The molecule has 0 radical (unpaired) electrons. The molecule has 1 saturated heterocycles. The second-order valence-corrected chi connectivity index (χ2v) is 4.77. The van der Waals surface area contributed by atoms with Crippen LogP contribution in [0.2, 0.25) is 0 Å². The molecule has 0 saturated carbocycles. The Morgan fingerprint density at radius 3 is 2.59 bits per heavy atom. The van der Waals surface area contributed by atoms with Gasteiger partial charge in [0, 0.05) is 5.92 Å². The number of ether oxygens (including phenoxy) is 2. The van der Waals surface area contributed by atoms with Gasteiger partial charge in [-0.05, 0) is 13.3 Å². The fourth-order valence-electron chi connectivity index (χ4n) is 2.07. The van der Waals surface area contributed by atoms with Gasteiger partial charge in [0.05, 0.1) is 18.8 Å². The van der Waals surface area contributed by atoms with Gasteiger partial charge in [0.1, 0.15) is 12.2 Å². The zero-order valence-corrected chi connectivity index (χ0v) is 10.7. The van der Waals surface area contributed by atoms with Crippen LogP contribution in [0.25, 0.3) is 0 Å². The molecule has 6 atom stereocenters. The molecule has 17 heavy (non-hydrogen) atoms. The van der Waals surface area contributed by atoms with E-state index >= 15 is 0 Å². The highest BCUT2D eigenvalue weighted by Crippen LogP contribution is 2.23. The van der Waals surface area contributed by atoms with Crippen LogP contribution >= 0.6 is 0 Å². The van der Waals surface area contributed by atoms with E-state index in [9.17, 15) is 15.3 Å². The number of hydrogen-bond acceptors (Lipinski definition) is 5. The Kier molecular flexibility index (Phi) is 5.82. The summed E-state index contributed by atoms with van der Waals surface area (Å²) in [6, 6.07) is 0. The molecule has 1 heterocycles. The minimum Gasteiger partial charge on any atom is -0.393 e. The molecule has 102 valence electrons. The first-order chi connectivity index (χ1) is 7.97. The van der Waals surface area contributed by atoms with E-state index < -0.39 is 30.7 Å². The molecular weight excluding hydrogens is 224 g/mol. The molecule has 0 aromatic carbocycles. The molecular formula is C12H24O5. The van der Waals surface area contributed by atoms with Gasteiger partial charge in [0.25, 0.3) is 0 Å². The second kappa shape index (κ2) is 6.66. The zero-order chi connectivity index (χ0) is 13.0. The van der Waals surface area contributed by atoms with E-state index in [1.165, 1.54) is 0 Å². The number of aliphatic hydroxyl groups excluding tert-OH is 3. The van der Waals surface area contributed by atoms with Crippen LogP contribution in [-0.2, 0) is 9.47 Å². The molecule has 0 aliphatic carbocycles. The van der Waals surface area contributed by atoms with Crippen molar-refractivity contribution in [2.75, 3.05) is 6.61 Å². The molecule has 1 fully saturated rings. The third-order valence-electron chi connectivity index (χ3n) is 3.30. The van der Waals surface area contributed by atoms with Crippen molar-refractivity contribution in [1.29, 1.82) is 0 Å². The molecule has 5 heteroatoms. The lowest BCUT2D eigenvalue weighted by Gasteiger charge is -2.38. The number of hydrogen-bond donors (Lipinski definition) is 3. The van der Waals surface area contributed by atoms with Gasteiger partial charge in [-0.15, -0.1) is 0 Å². The van der Waals surface area contributed by atoms with Gasteiger partial charge < -0.3 is 24.8 Å². The maximum atomic E-state index is 10.1. The summed E-state index contributed by atoms with van der Waals surface area (Å²) >= 11 is 0. The van der Waals surface area contributed by atoms with E-state index in [0.717, 1.165) is 6.42 Å². The maximum Gasteiger partial charge on any atom is 0.155 e. The highest BCUT2D eigenvalue weighted by molar-refractivity contribution is 4.85. The average molecular weight is 248 g/mol. The quantitative estimate of drug-likeness (QED) is 0.650. The Labute approximate surface area is 102 Å². The van der Waals surface area contributed by atoms with E-state index in [4.69, 9.17) is 9.47 Å². The average Bonchev–Trinajstić information content (AvgIpc) is 2.30. The second-order valence-electron chi connectivity index (χ2n) is 4.77.